The second kappa shape index (κ2) is 7.47. The summed E-state index contributed by atoms with van der Waals surface area (Å²) in [6.07, 6.45) is 1.68. The first-order valence-electron chi connectivity index (χ1n) is 6.74. The summed E-state index contributed by atoms with van der Waals surface area (Å²) in [5.74, 6) is -0.889. The molecule has 2 rings (SSSR count). The molecule has 0 radical (unpaired) electrons. The topological polar surface area (TPSA) is 89.9 Å². The Labute approximate surface area is 142 Å². The zero-order valence-corrected chi connectivity index (χ0v) is 13.9. The summed E-state index contributed by atoms with van der Waals surface area (Å²) in [6, 6.07) is 4.70. The second-order valence-electron chi connectivity index (χ2n) is 4.73. The molecule has 6 nitrogen and oxygen atoms in total. The number of phenols is 1. The highest BCUT2D eigenvalue weighted by Gasteiger charge is 2.31. The highest BCUT2D eigenvalue weighted by molar-refractivity contribution is 8.26. The van der Waals surface area contributed by atoms with Gasteiger partial charge in [-0.2, -0.15) is 0 Å². The SMILES string of the molecule is COc1ccc(O)c(/C=C2\SC(=S)N(CCCC(=O)[O-])C2=O)c1. The van der Waals surface area contributed by atoms with Crippen LogP contribution in [-0.2, 0) is 9.59 Å². The van der Waals surface area contributed by atoms with Crippen molar-refractivity contribution >= 4 is 46.3 Å². The summed E-state index contributed by atoms with van der Waals surface area (Å²) in [5, 5.41) is 20.3. The monoisotopic (exact) mass is 352 g/mol. The molecule has 8 heteroatoms. The van der Waals surface area contributed by atoms with E-state index in [0.717, 1.165) is 11.8 Å². The standard InChI is InChI=1S/C15H15NO5S2/c1-21-10-4-5-11(17)9(7-10)8-12-14(20)16(15(22)23-12)6-2-3-13(18)19/h4-5,7-8,17H,2-3,6H2,1H3,(H,18,19)/p-1/b12-8-. The number of carboxylic acids is 1. The van der Waals surface area contributed by atoms with Crippen LogP contribution >= 0.6 is 24.0 Å². The Morgan fingerprint density at radius 3 is 2.91 bits per heavy atom. The van der Waals surface area contributed by atoms with E-state index in [4.69, 9.17) is 17.0 Å². The molecular weight excluding hydrogens is 338 g/mol. The summed E-state index contributed by atoms with van der Waals surface area (Å²) in [5.41, 5.74) is 0.444. The lowest BCUT2D eigenvalue weighted by atomic mass is 10.1. The number of carbonyl (C=O) groups is 2. The van der Waals surface area contributed by atoms with E-state index in [9.17, 15) is 19.8 Å². The van der Waals surface area contributed by atoms with E-state index in [1.54, 1.807) is 12.1 Å². The summed E-state index contributed by atoms with van der Waals surface area (Å²) < 4.78 is 5.45. The van der Waals surface area contributed by atoms with Gasteiger partial charge in [0.05, 0.1) is 12.0 Å². The van der Waals surface area contributed by atoms with Crippen LogP contribution in [0.15, 0.2) is 23.1 Å². The maximum Gasteiger partial charge on any atom is 0.266 e. The van der Waals surface area contributed by atoms with E-state index >= 15 is 0 Å². The van der Waals surface area contributed by atoms with Crippen LogP contribution in [0.1, 0.15) is 18.4 Å². The minimum atomic E-state index is -1.16. The normalized spacial score (nSPS) is 16.2. The number of rotatable bonds is 6. The molecule has 0 saturated carbocycles. The number of amides is 1. The lowest BCUT2D eigenvalue weighted by Crippen LogP contribution is -2.30. The number of methoxy groups -OCH3 is 1. The first-order valence-corrected chi connectivity index (χ1v) is 7.97. The molecule has 1 aliphatic heterocycles. The Bertz CT molecular complexity index is 686. The molecule has 0 aliphatic carbocycles. The largest absolute Gasteiger partial charge is 0.550 e. The van der Waals surface area contributed by atoms with Gasteiger partial charge in [0, 0.05) is 18.1 Å². The molecule has 0 aromatic heterocycles. The number of nitrogens with zero attached hydrogens (tertiary/aromatic N) is 1. The number of aromatic hydroxyl groups is 1. The molecular formula is C15H14NO5S2-. The van der Waals surface area contributed by atoms with Gasteiger partial charge in [-0.3, -0.25) is 9.69 Å². The van der Waals surface area contributed by atoms with Crippen molar-refractivity contribution in [2.24, 2.45) is 0 Å². The Morgan fingerprint density at radius 2 is 2.26 bits per heavy atom. The van der Waals surface area contributed by atoms with E-state index in [0.29, 0.717) is 20.5 Å². The lowest BCUT2D eigenvalue weighted by molar-refractivity contribution is -0.305. The highest BCUT2D eigenvalue weighted by Crippen LogP contribution is 2.35. The molecule has 122 valence electrons. The van der Waals surface area contributed by atoms with Gasteiger partial charge in [-0.05, 0) is 37.1 Å². The van der Waals surface area contributed by atoms with Gasteiger partial charge in [0.2, 0.25) is 0 Å². The number of thioether (sulfide) groups is 1. The molecule has 1 aromatic rings. The Morgan fingerprint density at radius 1 is 1.52 bits per heavy atom. The zero-order chi connectivity index (χ0) is 17.0. The fourth-order valence-electron chi connectivity index (χ4n) is 1.99. The van der Waals surface area contributed by atoms with Crippen LogP contribution in [0.3, 0.4) is 0 Å². The van der Waals surface area contributed by atoms with Crippen LogP contribution in [0.2, 0.25) is 0 Å². The van der Waals surface area contributed by atoms with Crippen molar-refractivity contribution in [3.05, 3.63) is 28.7 Å². The molecule has 0 atom stereocenters. The molecule has 1 aliphatic rings. The molecule has 1 fully saturated rings. The number of hydrogen-bond donors (Lipinski definition) is 1. The minimum Gasteiger partial charge on any atom is -0.550 e. The third kappa shape index (κ3) is 4.23. The number of phenolic OH excluding ortho intramolecular Hbond substituents is 1. The molecule has 0 spiro atoms. The van der Waals surface area contributed by atoms with Crippen LogP contribution in [-0.4, -0.2) is 39.9 Å². The summed E-state index contributed by atoms with van der Waals surface area (Å²) in [4.78, 5) is 24.5. The quantitative estimate of drug-likeness (QED) is 0.606. The van der Waals surface area contributed by atoms with Gasteiger partial charge < -0.3 is 19.7 Å². The van der Waals surface area contributed by atoms with E-state index < -0.39 is 5.97 Å². The average molecular weight is 352 g/mol. The van der Waals surface area contributed by atoms with Crippen molar-refractivity contribution in [3.8, 4) is 11.5 Å². The molecule has 1 N–H and O–H groups in total. The fourth-order valence-corrected chi connectivity index (χ4v) is 3.29. The fraction of sp³-hybridized carbons (Fsp3) is 0.267. The minimum absolute atomic E-state index is 0.0213. The van der Waals surface area contributed by atoms with Crippen molar-refractivity contribution in [1.82, 2.24) is 4.90 Å². The van der Waals surface area contributed by atoms with Crippen LogP contribution in [0.25, 0.3) is 6.08 Å². The predicted octanol–water partition coefficient (Wildman–Crippen LogP) is 1.13. The summed E-state index contributed by atoms with van der Waals surface area (Å²) in [6.45, 7) is 0.222. The number of aliphatic carboxylic acids is 1. The van der Waals surface area contributed by atoms with Gasteiger partial charge in [-0.15, -0.1) is 0 Å². The van der Waals surface area contributed by atoms with E-state index in [2.05, 4.69) is 0 Å². The van der Waals surface area contributed by atoms with Gasteiger partial charge in [-0.1, -0.05) is 24.0 Å². The van der Waals surface area contributed by atoms with E-state index in [1.165, 1.54) is 24.2 Å². The summed E-state index contributed by atoms with van der Waals surface area (Å²) >= 11 is 6.26. The second-order valence-corrected chi connectivity index (χ2v) is 6.41. The van der Waals surface area contributed by atoms with Crippen LogP contribution in [0.5, 0.6) is 11.5 Å². The number of ether oxygens (including phenoxy) is 1. The zero-order valence-electron chi connectivity index (χ0n) is 12.3. The predicted molar refractivity (Wildman–Crippen MR) is 88.8 cm³/mol. The van der Waals surface area contributed by atoms with Crippen molar-refractivity contribution in [2.75, 3.05) is 13.7 Å². The number of hydrogen-bond acceptors (Lipinski definition) is 7. The first kappa shape index (κ1) is 17.3. The van der Waals surface area contributed by atoms with Gasteiger partial charge in [0.1, 0.15) is 15.8 Å². The maximum absolute atomic E-state index is 12.3. The molecule has 1 aromatic carbocycles. The lowest BCUT2D eigenvalue weighted by Gasteiger charge is -2.14. The van der Waals surface area contributed by atoms with Crippen molar-refractivity contribution in [3.63, 3.8) is 0 Å². The third-order valence-electron chi connectivity index (χ3n) is 3.16. The number of carbonyl (C=O) groups excluding carboxylic acids is 2. The van der Waals surface area contributed by atoms with Gasteiger partial charge in [0.25, 0.3) is 5.91 Å². The Hall–Kier alpha value is -2.06. The first-order chi connectivity index (χ1) is 10.9. The smallest absolute Gasteiger partial charge is 0.266 e. The van der Waals surface area contributed by atoms with Crippen LogP contribution in [0.4, 0.5) is 0 Å². The molecule has 1 saturated heterocycles. The highest BCUT2D eigenvalue weighted by atomic mass is 32.2. The van der Waals surface area contributed by atoms with Gasteiger partial charge >= 0.3 is 0 Å². The third-order valence-corrected chi connectivity index (χ3v) is 4.54. The van der Waals surface area contributed by atoms with E-state index in [1.807, 2.05) is 0 Å². The van der Waals surface area contributed by atoms with E-state index in [-0.39, 0.29) is 31.0 Å². The van der Waals surface area contributed by atoms with Crippen molar-refractivity contribution in [2.45, 2.75) is 12.8 Å². The Kier molecular flexibility index (Phi) is 5.62. The number of thiocarbonyl (C=S) groups is 1. The number of carboxylic acid groups (broad SMARTS) is 1. The molecule has 1 amide bonds. The molecule has 0 unspecified atom stereocenters. The molecule has 1 heterocycles. The van der Waals surface area contributed by atoms with Crippen molar-refractivity contribution in [1.29, 1.82) is 0 Å². The van der Waals surface area contributed by atoms with Crippen LogP contribution < -0.4 is 9.84 Å². The van der Waals surface area contributed by atoms with Crippen molar-refractivity contribution < 1.29 is 24.5 Å². The molecule has 0 bridgehead atoms. The molecule has 23 heavy (non-hydrogen) atoms. The number of benzene rings is 1. The van der Waals surface area contributed by atoms with Crippen LogP contribution in [0, 0.1) is 0 Å². The summed E-state index contributed by atoms with van der Waals surface area (Å²) in [7, 11) is 1.51. The Balaban J connectivity index is 2.16. The van der Waals surface area contributed by atoms with Gasteiger partial charge in [0.15, 0.2) is 0 Å². The average Bonchev–Trinajstić information content (AvgIpc) is 2.76. The van der Waals surface area contributed by atoms with Gasteiger partial charge in [-0.25, -0.2) is 0 Å². The maximum atomic E-state index is 12.3.